The number of hydrogen-bond donors (Lipinski definition) is 0. The Bertz CT molecular complexity index is 1040. The largest absolute Gasteiger partial charge is 0.497 e. The number of ether oxygens (including phenoxy) is 3. The number of esters is 1. The molecule has 29 heavy (non-hydrogen) atoms. The predicted octanol–water partition coefficient (Wildman–Crippen LogP) is 4.85. The maximum absolute atomic E-state index is 12.9. The molecule has 0 aliphatic heterocycles. The molecule has 152 valence electrons. The van der Waals surface area contributed by atoms with Crippen LogP contribution in [0.2, 0.25) is 0 Å². The van der Waals surface area contributed by atoms with Crippen molar-refractivity contribution in [2.24, 2.45) is 0 Å². The Morgan fingerprint density at radius 3 is 2.38 bits per heavy atom. The van der Waals surface area contributed by atoms with E-state index in [1.165, 1.54) is 7.11 Å². The molecule has 6 nitrogen and oxygen atoms in total. The molecule has 0 saturated heterocycles. The first kappa shape index (κ1) is 20.5. The third-order valence-corrected chi connectivity index (χ3v) is 4.69. The van der Waals surface area contributed by atoms with E-state index in [9.17, 15) is 4.79 Å². The van der Waals surface area contributed by atoms with Crippen LogP contribution in [0.4, 0.5) is 0 Å². The summed E-state index contributed by atoms with van der Waals surface area (Å²) < 4.78 is 18.0. The van der Waals surface area contributed by atoms with Crippen LogP contribution in [-0.4, -0.2) is 30.0 Å². The topological polar surface area (TPSA) is 62.6 Å². The molecule has 0 bridgehead atoms. The summed E-state index contributed by atoms with van der Waals surface area (Å²) in [6.45, 7) is 8.15. The zero-order chi connectivity index (χ0) is 21.1. The Morgan fingerprint density at radius 2 is 1.76 bits per heavy atom. The first-order valence-electron chi connectivity index (χ1n) is 9.45. The van der Waals surface area contributed by atoms with E-state index in [1.807, 2.05) is 39.8 Å². The lowest BCUT2D eigenvalue weighted by Gasteiger charge is -2.12. The molecule has 0 unspecified atom stereocenters. The van der Waals surface area contributed by atoms with Crippen molar-refractivity contribution in [3.8, 4) is 23.1 Å². The van der Waals surface area contributed by atoms with Gasteiger partial charge in [0.25, 0.3) is 0 Å². The van der Waals surface area contributed by atoms with E-state index < -0.39 is 5.97 Å². The van der Waals surface area contributed by atoms with Gasteiger partial charge in [0.1, 0.15) is 17.1 Å². The van der Waals surface area contributed by atoms with E-state index >= 15 is 0 Å². The second kappa shape index (κ2) is 8.39. The van der Waals surface area contributed by atoms with Crippen LogP contribution in [0, 0.1) is 13.8 Å². The van der Waals surface area contributed by atoms with Gasteiger partial charge in [-0.15, -0.1) is 0 Å². The highest BCUT2D eigenvalue weighted by Gasteiger charge is 2.21. The van der Waals surface area contributed by atoms with Crippen LogP contribution in [0.5, 0.6) is 17.4 Å². The van der Waals surface area contributed by atoms with Gasteiger partial charge in [-0.2, -0.15) is 5.10 Å². The molecule has 0 aliphatic carbocycles. The monoisotopic (exact) mass is 394 g/mol. The second-order valence-corrected chi connectivity index (χ2v) is 7.22. The zero-order valence-electron chi connectivity index (χ0n) is 17.6. The first-order chi connectivity index (χ1) is 13.8. The highest BCUT2D eigenvalue weighted by atomic mass is 16.5. The highest BCUT2D eigenvalue weighted by molar-refractivity contribution is 5.94. The number of carbonyl (C=O) groups is 1. The molecule has 1 heterocycles. The van der Waals surface area contributed by atoms with Crippen molar-refractivity contribution in [3.63, 3.8) is 0 Å². The molecule has 0 aliphatic rings. The molecule has 0 fully saturated rings. The summed E-state index contributed by atoms with van der Waals surface area (Å²) in [5.74, 6) is 1.01. The molecule has 0 amide bonds. The van der Waals surface area contributed by atoms with Crippen LogP contribution in [0.3, 0.4) is 0 Å². The van der Waals surface area contributed by atoms with Crippen molar-refractivity contribution >= 4 is 5.97 Å². The van der Waals surface area contributed by atoms with Gasteiger partial charge in [-0.05, 0) is 43.5 Å². The van der Waals surface area contributed by atoms with Crippen LogP contribution in [-0.2, 0) is 0 Å². The van der Waals surface area contributed by atoms with Gasteiger partial charge in [0.2, 0.25) is 5.88 Å². The molecule has 0 radical (unpaired) electrons. The maximum atomic E-state index is 12.9. The number of rotatable bonds is 6. The van der Waals surface area contributed by atoms with Gasteiger partial charge >= 0.3 is 5.97 Å². The standard InChI is InChI=1S/C23H26N2O4/c1-14(2)19-13-22(25(24-19)20-10-7-15(3)11-16(20)4)29-23(26)18-9-8-17(27-5)12-21(18)28-6/h7-14H,1-6H3. The van der Waals surface area contributed by atoms with Crippen LogP contribution >= 0.6 is 0 Å². The maximum Gasteiger partial charge on any atom is 0.348 e. The van der Waals surface area contributed by atoms with Crippen molar-refractivity contribution in [2.45, 2.75) is 33.6 Å². The summed E-state index contributed by atoms with van der Waals surface area (Å²) >= 11 is 0. The number of methoxy groups -OCH3 is 2. The normalized spacial score (nSPS) is 10.9. The summed E-state index contributed by atoms with van der Waals surface area (Å²) in [5.41, 5.74) is 4.22. The Morgan fingerprint density at radius 1 is 1.00 bits per heavy atom. The van der Waals surface area contributed by atoms with E-state index in [2.05, 4.69) is 11.2 Å². The summed E-state index contributed by atoms with van der Waals surface area (Å²) in [4.78, 5) is 12.9. The minimum atomic E-state index is -0.522. The predicted molar refractivity (Wildman–Crippen MR) is 112 cm³/mol. The van der Waals surface area contributed by atoms with E-state index in [0.29, 0.717) is 22.9 Å². The number of aromatic nitrogens is 2. The van der Waals surface area contributed by atoms with Gasteiger partial charge in [0.05, 0.1) is 25.6 Å². The quantitative estimate of drug-likeness (QED) is 0.559. The van der Waals surface area contributed by atoms with Crippen molar-refractivity contribution in [1.29, 1.82) is 0 Å². The molecule has 0 spiro atoms. The molecule has 0 N–H and O–H groups in total. The van der Waals surface area contributed by atoms with E-state index in [4.69, 9.17) is 14.2 Å². The Balaban J connectivity index is 2.02. The molecule has 2 aromatic carbocycles. The molecule has 1 aromatic heterocycles. The minimum Gasteiger partial charge on any atom is -0.497 e. The zero-order valence-corrected chi connectivity index (χ0v) is 17.6. The second-order valence-electron chi connectivity index (χ2n) is 7.22. The molecule has 3 aromatic rings. The molecular formula is C23H26N2O4. The summed E-state index contributed by atoms with van der Waals surface area (Å²) in [6.07, 6.45) is 0. The Labute approximate surface area is 171 Å². The third-order valence-electron chi connectivity index (χ3n) is 4.69. The average Bonchev–Trinajstić information content (AvgIpc) is 3.11. The highest BCUT2D eigenvalue weighted by Crippen LogP contribution is 2.29. The van der Waals surface area contributed by atoms with Gasteiger partial charge in [0, 0.05) is 12.1 Å². The van der Waals surface area contributed by atoms with Gasteiger partial charge in [-0.3, -0.25) is 0 Å². The average molecular weight is 394 g/mol. The lowest BCUT2D eigenvalue weighted by atomic mass is 10.1. The minimum absolute atomic E-state index is 0.190. The van der Waals surface area contributed by atoms with Crippen LogP contribution < -0.4 is 14.2 Å². The Kier molecular flexibility index (Phi) is 5.92. The number of hydrogen-bond acceptors (Lipinski definition) is 5. The lowest BCUT2D eigenvalue weighted by Crippen LogP contribution is -2.13. The SMILES string of the molecule is COc1ccc(C(=O)Oc2cc(C(C)C)nn2-c2ccc(C)cc2C)c(OC)c1. The summed E-state index contributed by atoms with van der Waals surface area (Å²) in [6, 6.07) is 12.8. The summed E-state index contributed by atoms with van der Waals surface area (Å²) in [7, 11) is 3.06. The van der Waals surface area contributed by atoms with Crippen LogP contribution in [0.25, 0.3) is 5.69 Å². The van der Waals surface area contributed by atoms with Gasteiger partial charge in [0.15, 0.2) is 0 Å². The molecular weight excluding hydrogens is 368 g/mol. The lowest BCUT2D eigenvalue weighted by molar-refractivity contribution is 0.0719. The number of aryl methyl sites for hydroxylation is 2. The Hall–Kier alpha value is -3.28. The van der Waals surface area contributed by atoms with E-state index in [-0.39, 0.29) is 5.92 Å². The molecule has 3 rings (SSSR count). The van der Waals surface area contributed by atoms with E-state index in [1.54, 1.807) is 36.1 Å². The fourth-order valence-corrected chi connectivity index (χ4v) is 3.07. The first-order valence-corrected chi connectivity index (χ1v) is 9.45. The van der Waals surface area contributed by atoms with Crippen LogP contribution in [0.1, 0.15) is 46.9 Å². The van der Waals surface area contributed by atoms with Crippen LogP contribution in [0.15, 0.2) is 42.5 Å². The van der Waals surface area contributed by atoms with Crippen molar-refractivity contribution in [1.82, 2.24) is 9.78 Å². The van der Waals surface area contributed by atoms with Gasteiger partial charge < -0.3 is 14.2 Å². The molecule has 0 saturated carbocycles. The third kappa shape index (κ3) is 4.26. The number of benzene rings is 2. The fraction of sp³-hybridized carbons (Fsp3) is 0.304. The van der Waals surface area contributed by atoms with Crippen molar-refractivity contribution < 1.29 is 19.0 Å². The van der Waals surface area contributed by atoms with Gasteiger partial charge in [-0.25, -0.2) is 9.48 Å². The van der Waals surface area contributed by atoms with Gasteiger partial charge in [-0.1, -0.05) is 31.5 Å². The smallest absolute Gasteiger partial charge is 0.348 e. The molecule has 0 atom stereocenters. The number of nitrogens with zero attached hydrogens (tertiary/aromatic N) is 2. The van der Waals surface area contributed by atoms with Crippen molar-refractivity contribution in [3.05, 3.63) is 64.8 Å². The fourth-order valence-electron chi connectivity index (χ4n) is 3.07. The number of carbonyl (C=O) groups excluding carboxylic acids is 1. The van der Waals surface area contributed by atoms with E-state index in [0.717, 1.165) is 22.5 Å². The van der Waals surface area contributed by atoms with Crippen molar-refractivity contribution in [2.75, 3.05) is 14.2 Å². The summed E-state index contributed by atoms with van der Waals surface area (Å²) in [5, 5.41) is 4.68. The molecule has 6 heteroatoms.